The summed E-state index contributed by atoms with van der Waals surface area (Å²) in [5.74, 6) is -1.24. The Morgan fingerprint density at radius 3 is 2.23 bits per heavy atom. The third-order valence-electron chi connectivity index (χ3n) is 4.27. The topological polar surface area (TPSA) is 90.0 Å². The van der Waals surface area contributed by atoms with Gasteiger partial charge in [-0.3, -0.25) is 14.5 Å². The molecule has 2 atom stereocenters. The first-order valence-electron chi connectivity index (χ1n) is 7.85. The predicted molar refractivity (Wildman–Crippen MR) is 82.3 cm³/mol. The number of carboxylic acids is 1. The Balaban J connectivity index is 2.34. The summed E-state index contributed by atoms with van der Waals surface area (Å²) in [4.78, 5) is 38.3. The lowest BCUT2D eigenvalue weighted by molar-refractivity contribution is -0.143. The molecule has 7 nitrogen and oxygen atoms in total. The van der Waals surface area contributed by atoms with Gasteiger partial charge in [-0.25, -0.2) is 4.79 Å². The molecule has 1 rings (SSSR count). The highest BCUT2D eigenvalue weighted by Crippen LogP contribution is 2.08. The number of hydrogen-bond acceptors (Lipinski definition) is 4. The molecule has 1 aliphatic rings. The van der Waals surface area contributed by atoms with Crippen molar-refractivity contribution < 1.29 is 19.5 Å². The SMILES string of the molecule is CCC(C)C(NC(=O)CCN1CCN(C(C)=O)CC1)C(=O)O. The molecular weight excluding hydrogens is 286 g/mol. The van der Waals surface area contributed by atoms with Crippen LogP contribution in [0.5, 0.6) is 0 Å². The van der Waals surface area contributed by atoms with Crippen LogP contribution in [0, 0.1) is 5.92 Å². The molecule has 1 saturated heterocycles. The Morgan fingerprint density at radius 2 is 1.77 bits per heavy atom. The van der Waals surface area contributed by atoms with Crippen molar-refractivity contribution in [1.82, 2.24) is 15.1 Å². The first-order valence-corrected chi connectivity index (χ1v) is 7.85. The van der Waals surface area contributed by atoms with Crippen LogP contribution in [0.3, 0.4) is 0 Å². The number of aliphatic carboxylic acids is 1. The minimum absolute atomic E-state index is 0.0789. The minimum atomic E-state index is -0.988. The van der Waals surface area contributed by atoms with Crippen LogP contribution in [-0.2, 0) is 14.4 Å². The van der Waals surface area contributed by atoms with Crippen LogP contribution in [0.1, 0.15) is 33.6 Å². The number of carboxylic acid groups (broad SMARTS) is 1. The van der Waals surface area contributed by atoms with Gasteiger partial charge >= 0.3 is 5.97 Å². The van der Waals surface area contributed by atoms with Gasteiger partial charge in [-0.15, -0.1) is 0 Å². The molecule has 2 N–H and O–H groups in total. The number of rotatable bonds is 7. The van der Waals surface area contributed by atoms with Crippen molar-refractivity contribution in [2.24, 2.45) is 5.92 Å². The summed E-state index contributed by atoms with van der Waals surface area (Å²) in [6.07, 6.45) is 0.977. The highest BCUT2D eigenvalue weighted by atomic mass is 16.4. The molecule has 1 fully saturated rings. The van der Waals surface area contributed by atoms with Gasteiger partial charge in [0.15, 0.2) is 0 Å². The fourth-order valence-corrected chi connectivity index (χ4v) is 2.47. The molecule has 126 valence electrons. The highest BCUT2D eigenvalue weighted by molar-refractivity contribution is 5.83. The second kappa shape index (κ2) is 8.73. The molecule has 0 aliphatic carbocycles. The lowest BCUT2D eigenvalue weighted by Gasteiger charge is -2.34. The first-order chi connectivity index (χ1) is 10.3. The maximum Gasteiger partial charge on any atom is 0.326 e. The van der Waals surface area contributed by atoms with Gasteiger partial charge in [0, 0.05) is 46.1 Å². The van der Waals surface area contributed by atoms with Gasteiger partial charge in [0.05, 0.1) is 0 Å². The van der Waals surface area contributed by atoms with Gasteiger partial charge < -0.3 is 15.3 Å². The molecule has 1 aliphatic heterocycles. The van der Waals surface area contributed by atoms with Gasteiger partial charge in [0.25, 0.3) is 0 Å². The van der Waals surface area contributed by atoms with E-state index < -0.39 is 12.0 Å². The average molecular weight is 313 g/mol. The van der Waals surface area contributed by atoms with Crippen molar-refractivity contribution in [2.75, 3.05) is 32.7 Å². The summed E-state index contributed by atoms with van der Waals surface area (Å²) < 4.78 is 0. The summed E-state index contributed by atoms with van der Waals surface area (Å²) in [6.45, 7) is 8.74. The van der Waals surface area contributed by atoms with Crippen LogP contribution in [0.15, 0.2) is 0 Å². The molecule has 0 aromatic rings. The fourth-order valence-electron chi connectivity index (χ4n) is 2.47. The molecule has 7 heteroatoms. The molecule has 0 spiro atoms. The zero-order valence-corrected chi connectivity index (χ0v) is 13.7. The van der Waals surface area contributed by atoms with Crippen LogP contribution >= 0.6 is 0 Å². The van der Waals surface area contributed by atoms with E-state index >= 15 is 0 Å². The van der Waals surface area contributed by atoms with E-state index in [0.717, 1.165) is 13.1 Å². The van der Waals surface area contributed by atoms with Gasteiger partial charge in [-0.2, -0.15) is 0 Å². The van der Waals surface area contributed by atoms with Gasteiger partial charge in [0.1, 0.15) is 6.04 Å². The van der Waals surface area contributed by atoms with E-state index in [9.17, 15) is 14.4 Å². The molecular formula is C15H27N3O4. The Bertz CT molecular complexity index is 406. The van der Waals surface area contributed by atoms with E-state index in [-0.39, 0.29) is 24.2 Å². The zero-order chi connectivity index (χ0) is 16.7. The summed E-state index contributed by atoms with van der Waals surface area (Å²) in [5, 5.41) is 11.8. The van der Waals surface area contributed by atoms with E-state index in [0.29, 0.717) is 26.1 Å². The highest BCUT2D eigenvalue weighted by Gasteiger charge is 2.25. The normalized spacial score (nSPS) is 18.6. The summed E-state index contributed by atoms with van der Waals surface area (Å²) in [5.41, 5.74) is 0. The Kier molecular flexibility index (Phi) is 7.31. The molecule has 0 saturated carbocycles. The molecule has 2 amide bonds. The molecule has 0 aromatic heterocycles. The number of piperazine rings is 1. The Hall–Kier alpha value is -1.63. The number of carbonyl (C=O) groups excluding carboxylic acids is 2. The standard InChI is InChI=1S/C15H27N3O4/c1-4-11(2)14(15(21)22)16-13(20)5-6-17-7-9-18(10-8-17)12(3)19/h11,14H,4-10H2,1-3H3,(H,16,20)(H,21,22). The number of hydrogen-bond donors (Lipinski definition) is 2. The maximum absolute atomic E-state index is 11.9. The number of nitrogens with zero attached hydrogens (tertiary/aromatic N) is 2. The number of carbonyl (C=O) groups is 3. The lowest BCUT2D eigenvalue weighted by Crippen LogP contribution is -2.49. The summed E-state index contributed by atoms with van der Waals surface area (Å²) >= 11 is 0. The summed E-state index contributed by atoms with van der Waals surface area (Å²) in [7, 11) is 0. The van der Waals surface area contributed by atoms with Gasteiger partial charge in [-0.1, -0.05) is 20.3 Å². The summed E-state index contributed by atoms with van der Waals surface area (Å²) in [6, 6.07) is -0.827. The monoisotopic (exact) mass is 313 g/mol. The van der Waals surface area contributed by atoms with Crippen LogP contribution in [0.25, 0.3) is 0 Å². The molecule has 2 unspecified atom stereocenters. The number of amides is 2. The van der Waals surface area contributed by atoms with Crippen molar-refractivity contribution in [3.63, 3.8) is 0 Å². The van der Waals surface area contributed by atoms with Crippen LogP contribution in [0.4, 0.5) is 0 Å². The maximum atomic E-state index is 11.9. The third-order valence-corrected chi connectivity index (χ3v) is 4.27. The number of nitrogens with one attached hydrogen (secondary N) is 1. The molecule has 0 bridgehead atoms. The molecule has 0 aromatic carbocycles. The first kappa shape index (κ1) is 18.4. The van der Waals surface area contributed by atoms with Crippen molar-refractivity contribution in [1.29, 1.82) is 0 Å². The van der Waals surface area contributed by atoms with Gasteiger partial charge in [0.2, 0.25) is 11.8 Å². The largest absolute Gasteiger partial charge is 0.480 e. The molecule has 0 radical (unpaired) electrons. The van der Waals surface area contributed by atoms with Crippen LogP contribution < -0.4 is 5.32 Å². The van der Waals surface area contributed by atoms with Gasteiger partial charge in [-0.05, 0) is 5.92 Å². The lowest BCUT2D eigenvalue weighted by atomic mass is 9.99. The molecule has 22 heavy (non-hydrogen) atoms. The smallest absolute Gasteiger partial charge is 0.326 e. The second-order valence-electron chi connectivity index (χ2n) is 5.87. The van der Waals surface area contributed by atoms with E-state index in [1.54, 1.807) is 11.8 Å². The van der Waals surface area contributed by atoms with Crippen molar-refractivity contribution in [2.45, 2.75) is 39.7 Å². The van der Waals surface area contributed by atoms with E-state index in [1.165, 1.54) is 0 Å². The van der Waals surface area contributed by atoms with E-state index in [4.69, 9.17) is 5.11 Å². The third kappa shape index (κ3) is 5.63. The predicted octanol–water partition coefficient (Wildman–Crippen LogP) is 0.156. The van der Waals surface area contributed by atoms with E-state index in [1.807, 2.05) is 13.8 Å². The second-order valence-corrected chi connectivity index (χ2v) is 5.87. The average Bonchev–Trinajstić information content (AvgIpc) is 2.49. The quantitative estimate of drug-likeness (QED) is 0.698. The van der Waals surface area contributed by atoms with Crippen LogP contribution in [-0.4, -0.2) is 71.5 Å². The molecule has 1 heterocycles. The minimum Gasteiger partial charge on any atom is -0.480 e. The van der Waals surface area contributed by atoms with Crippen molar-refractivity contribution >= 4 is 17.8 Å². The zero-order valence-electron chi connectivity index (χ0n) is 13.7. The van der Waals surface area contributed by atoms with Crippen molar-refractivity contribution in [3.8, 4) is 0 Å². The van der Waals surface area contributed by atoms with E-state index in [2.05, 4.69) is 10.2 Å². The van der Waals surface area contributed by atoms with Crippen LogP contribution in [0.2, 0.25) is 0 Å². The fraction of sp³-hybridized carbons (Fsp3) is 0.800. The van der Waals surface area contributed by atoms with Crippen molar-refractivity contribution in [3.05, 3.63) is 0 Å². The Morgan fingerprint density at radius 1 is 1.18 bits per heavy atom. The Labute approximate surface area is 131 Å².